The summed E-state index contributed by atoms with van der Waals surface area (Å²) in [6.07, 6.45) is 0.479. The maximum Gasteiger partial charge on any atom is 0.359 e. The largest absolute Gasteiger partial charge is 0.497 e. The number of carbonyl (C=O) groups is 2. The van der Waals surface area contributed by atoms with E-state index < -0.39 is 5.97 Å². The van der Waals surface area contributed by atoms with Crippen molar-refractivity contribution >= 4 is 17.6 Å². The highest BCUT2D eigenvalue weighted by Crippen LogP contribution is 2.33. The number of anilines is 1. The van der Waals surface area contributed by atoms with Gasteiger partial charge < -0.3 is 19.7 Å². The Balaban J connectivity index is 1.57. The summed E-state index contributed by atoms with van der Waals surface area (Å²) < 4.78 is 12.1. The van der Waals surface area contributed by atoms with Gasteiger partial charge in [0.05, 0.1) is 19.4 Å². The number of methoxy groups -OCH3 is 1. The third-order valence-electron chi connectivity index (χ3n) is 6.65. The Bertz CT molecular complexity index is 1460. The Morgan fingerprint density at radius 2 is 1.76 bits per heavy atom. The van der Waals surface area contributed by atoms with E-state index in [2.05, 4.69) is 34.7 Å². The zero-order chi connectivity index (χ0) is 26.6. The number of esters is 1. The lowest BCUT2D eigenvalue weighted by Crippen LogP contribution is -2.39. The summed E-state index contributed by atoms with van der Waals surface area (Å²) in [5.74, 6) is -0.0577. The van der Waals surface area contributed by atoms with Gasteiger partial charge in [0.25, 0.3) is 5.91 Å². The van der Waals surface area contributed by atoms with Crippen LogP contribution in [0.2, 0.25) is 0 Å². The smallest absolute Gasteiger partial charge is 0.359 e. The standard InChI is InChI=1S/C30H30N4O4/c1-4-38-30(36)27-26-16-17-33(29(35)28(26)34(32-27)22-10-13-24(37-3)14-11-22)23-12-15-25(21(18-23)19-31-2)20-8-6-5-7-9-20/h5-15,18,31H,4,16-17,19H2,1-3H3. The van der Waals surface area contributed by atoms with E-state index in [1.54, 1.807) is 35.7 Å². The topological polar surface area (TPSA) is 85.7 Å². The molecular weight excluding hydrogens is 480 g/mol. The van der Waals surface area contributed by atoms with Crippen LogP contribution in [0.5, 0.6) is 5.75 Å². The fourth-order valence-electron chi connectivity index (χ4n) is 4.86. The van der Waals surface area contributed by atoms with Crippen LogP contribution in [0.15, 0.2) is 72.8 Å². The number of fused-ring (bicyclic) bond motifs is 1. The summed E-state index contributed by atoms with van der Waals surface area (Å²) in [6.45, 7) is 3.06. The minimum absolute atomic E-state index is 0.181. The molecule has 4 aromatic rings. The maximum atomic E-state index is 14.0. The number of nitrogens with zero attached hydrogens (tertiary/aromatic N) is 3. The normalized spacial score (nSPS) is 12.8. The molecule has 3 aromatic carbocycles. The second-order valence-corrected chi connectivity index (χ2v) is 8.95. The van der Waals surface area contributed by atoms with Crippen LogP contribution in [0.1, 0.15) is 39.0 Å². The van der Waals surface area contributed by atoms with Crippen LogP contribution >= 0.6 is 0 Å². The third kappa shape index (κ3) is 4.66. The van der Waals surface area contributed by atoms with Crippen molar-refractivity contribution < 1.29 is 19.1 Å². The van der Waals surface area contributed by atoms with Crippen molar-refractivity contribution in [2.75, 3.05) is 32.2 Å². The van der Waals surface area contributed by atoms with Gasteiger partial charge in [0.15, 0.2) is 5.69 Å². The Morgan fingerprint density at radius 1 is 1.03 bits per heavy atom. The monoisotopic (exact) mass is 510 g/mol. The van der Waals surface area contributed by atoms with E-state index in [1.165, 1.54) is 0 Å². The fraction of sp³-hybridized carbons (Fsp3) is 0.233. The summed E-state index contributed by atoms with van der Waals surface area (Å²) in [7, 11) is 3.50. The van der Waals surface area contributed by atoms with Crippen LogP contribution in [0.4, 0.5) is 5.69 Å². The Hall–Kier alpha value is -4.43. The van der Waals surface area contributed by atoms with Crippen molar-refractivity contribution in [3.05, 3.63) is 95.3 Å². The number of rotatable bonds is 8. The van der Waals surface area contributed by atoms with Gasteiger partial charge in [-0.25, -0.2) is 9.48 Å². The third-order valence-corrected chi connectivity index (χ3v) is 6.65. The molecule has 0 radical (unpaired) electrons. The number of aromatic nitrogens is 2. The second-order valence-electron chi connectivity index (χ2n) is 8.95. The zero-order valence-electron chi connectivity index (χ0n) is 21.7. The van der Waals surface area contributed by atoms with E-state index in [0.29, 0.717) is 42.2 Å². The van der Waals surface area contributed by atoms with Gasteiger partial charge >= 0.3 is 5.97 Å². The van der Waals surface area contributed by atoms with E-state index >= 15 is 0 Å². The summed E-state index contributed by atoms with van der Waals surface area (Å²) in [4.78, 5) is 28.5. The molecule has 1 amide bonds. The van der Waals surface area contributed by atoms with Crippen molar-refractivity contribution in [2.24, 2.45) is 0 Å². The predicted molar refractivity (Wildman–Crippen MR) is 146 cm³/mol. The first-order chi connectivity index (χ1) is 18.5. The molecule has 0 fully saturated rings. The molecule has 0 saturated heterocycles. The molecule has 5 rings (SSSR count). The Kier molecular flexibility index (Phi) is 7.24. The van der Waals surface area contributed by atoms with Crippen LogP contribution in [0.3, 0.4) is 0 Å². The van der Waals surface area contributed by atoms with Gasteiger partial charge in [-0.1, -0.05) is 36.4 Å². The maximum absolute atomic E-state index is 14.0. The molecule has 38 heavy (non-hydrogen) atoms. The van der Waals surface area contributed by atoms with E-state index in [9.17, 15) is 9.59 Å². The van der Waals surface area contributed by atoms with Crippen molar-refractivity contribution in [2.45, 2.75) is 19.9 Å². The van der Waals surface area contributed by atoms with Crippen LogP contribution in [-0.2, 0) is 17.7 Å². The van der Waals surface area contributed by atoms with Crippen LogP contribution in [0, 0.1) is 0 Å². The number of carbonyl (C=O) groups excluding carboxylic acids is 2. The first-order valence-corrected chi connectivity index (χ1v) is 12.6. The summed E-state index contributed by atoms with van der Waals surface area (Å²) in [6, 6.07) is 23.5. The molecule has 1 aliphatic rings. The van der Waals surface area contributed by atoms with Gasteiger partial charge in [-0.3, -0.25) is 4.79 Å². The summed E-state index contributed by atoms with van der Waals surface area (Å²) >= 11 is 0. The quantitative estimate of drug-likeness (QED) is 0.348. The van der Waals surface area contributed by atoms with E-state index in [0.717, 1.165) is 22.4 Å². The first-order valence-electron chi connectivity index (χ1n) is 12.6. The van der Waals surface area contributed by atoms with Crippen molar-refractivity contribution in [3.8, 4) is 22.6 Å². The average Bonchev–Trinajstić information content (AvgIpc) is 3.35. The number of benzene rings is 3. The van der Waals surface area contributed by atoms with Gasteiger partial charge in [0.2, 0.25) is 0 Å². The van der Waals surface area contributed by atoms with E-state index in [-0.39, 0.29) is 18.2 Å². The molecule has 0 bridgehead atoms. The molecule has 8 heteroatoms. The Labute approximate surface area is 221 Å². The minimum atomic E-state index is -0.527. The van der Waals surface area contributed by atoms with E-state index in [1.807, 2.05) is 43.4 Å². The highest BCUT2D eigenvalue weighted by molar-refractivity contribution is 6.09. The number of nitrogens with one attached hydrogen (secondary N) is 1. The van der Waals surface area contributed by atoms with Gasteiger partial charge in [-0.05, 0) is 73.5 Å². The van der Waals surface area contributed by atoms with Gasteiger partial charge in [-0.2, -0.15) is 5.10 Å². The van der Waals surface area contributed by atoms with Gasteiger partial charge in [0.1, 0.15) is 11.4 Å². The SMILES string of the molecule is CCOC(=O)c1nn(-c2ccc(OC)cc2)c2c1CCN(c1ccc(-c3ccccc3)c(CNC)c1)C2=O. The Morgan fingerprint density at radius 3 is 2.45 bits per heavy atom. The molecule has 1 aliphatic heterocycles. The van der Waals surface area contributed by atoms with Gasteiger partial charge in [-0.15, -0.1) is 0 Å². The molecule has 194 valence electrons. The number of hydrogen-bond acceptors (Lipinski definition) is 6. The predicted octanol–water partition coefficient (Wildman–Crippen LogP) is 4.65. The molecular formula is C30H30N4O4. The first kappa shape index (κ1) is 25.2. The molecule has 1 N–H and O–H groups in total. The summed E-state index contributed by atoms with van der Waals surface area (Å²) in [5.41, 5.74) is 5.93. The fourth-order valence-corrected chi connectivity index (χ4v) is 4.86. The lowest BCUT2D eigenvalue weighted by atomic mass is 9.97. The van der Waals surface area contributed by atoms with Crippen LogP contribution < -0.4 is 15.0 Å². The highest BCUT2D eigenvalue weighted by Gasteiger charge is 2.35. The molecule has 0 aliphatic carbocycles. The molecule has 0 atom stereocenters. The van der Waals surface area contributed by atoms with Crippen LogP contribution in [0.25, 0.3) is 16.8 Å². The average molecular weight is 511 g/mol. The molecule has 0 spiro atoms. The molecule has 0 saturated carbocycles. The minimum Gasteiger partial charge on any atom is -0.497 e. The lowest BCUT2D eigenvalue weighted by Gasteiger charge is -2.28. The number of amides is 1. The summed E-state index contributed by atoms with van der Waals surface area (Å²) in [5, 5.41) is 7.80. The molecule has 1 aromatic heterocycles. The van der Waals surface area contributed by atoms with Crippen molar-refractivity contribution in [1.82, 2.24) is 15.1 Å². The zero-order valence-corrected chi connectivity index (χ0v) is 21.7. The van der Waals surface area contributed by atoms with Crippen molar-refractivity contribution in [1.29, 1.82) is 0 Å². The molecule has 2 heterocycles. The van der Waals surface area contributed by atoms with Crippen molar-refractivity contribution in [3.63, 3.8) is 0 Å². The van der Waals surface area contributed by atoms with Crippen LogP contribution in [-0.4, -0.2) is 49.0 Å². The molecule has 0 unspecified atom stereocenters. The van der Waals surface area contributed by atoms with E-state index in [4.69, 9.17) is 9.47 Å². The second kappa shape index (κ2) is 10.9. The number of ether oxygens (including phenoxy) is 2. The van der Waals surface area contributed by atoms with Gasteiger partial charge in [0, 0.05) is 24.3 Å². The molecule has 8 nitrogen and oxygen atoms in total. The lowest BCUT2D eigenvalue weighted by molar-refractivity contribution is 0.0517. The number of hydrogen-bond donors (Lipinski definition) is 1. The highest BCUT2D eigenvalue weighted by atomic mass is 16.5.